The third-order valence-electron chi connectivity index (χ3n) is 2.67. The van der Waals surface area contributed by atoms with Gasteiger partial charge in [0, 0.05) is 25.6 Å². The van der Waals surface area contributed by atoms with E-state index in [1.54, 1.807) is 0 Å². The number of nitrogens with one attached hydrogen (secondary N) is 1. The van der Waals surface area contributed by atoms with Gasteiger partial charge in [-0.1, -0.05) is 0 Å². The van der Waals surface area contributed by atoms with Gasteiger partial charge in [-0.05, 0) is 12.8 Å². The number of hydrogen-bond donors (Lipinski definition) is 1. The summed E-state index contributed by atoms with van der Waals surface area (Å²) in [7, 11) is 1.82. The van der Waals surface area contributed by atoms with Crippen molar-refractivity contribution in [3.8, 4) is 0 Å². The fourth-order valence-electron chi connectivity index (χ4n) is 1.78. The molecule has 0 aromatic rings. The molecule has 2 heteroatoms. The molecule has 52 valence electrons. The Morgan fingerprint density at radius 3 is 2.78 bits per heavy atom. The zero-order chi connectivity index (χ0) is 6.32. The molecular formula is C7H13NO. The summed E-state index contributed by atoms with van der Waals surface area (Å²) < 4.78 is 5.33. The number of hydrogen-bond acceptors (Lipinski definition) is 2. The average Bonchev–Trinajstić information content (AvgIpc) is 2.45. The van der Waals surface area contributed by atoms with Crippen molar-refractivity contribution in [1.82, 2.24) is 5.32 Å². The molecule has 1 saturated heterocycles. The molecule has 0 amide bonds. The van der Waals surface area contributed by atoms with E-state index >= 15 is 0 Å². The van der Waals surface area contributed by atoms with E-state index in [0.717, 1.165) is 6.54 Å². The fraction of sp³-hybridized carbons (Fsp3) is 1.00. The summed E-state index contributed by atoms with van der Waals surface area (Å²) >= 11 is 0. The third kappa shape index (κ3) is 0.700. The molecule has 1 saturated carbocycles. The van der Waals surface area contributed by atoms with Crippen LogP contribution in [-0.4, -0.2) is 26.3 Å². The molecule has 2 aliphatic rings. The normalized spacial score (nSPS) is 37.7. The van der Waals surface area contributed by atoms with Crippen LogP contribution in [0.1, 0.15) is 12.8 Å². The van der Waals surface area contributed by atoms with Crippen LogP contribution in [0.25, 0.3) is 0 Å². The zero-order valence-electron chi connectivity index (χ0n) is 5.81. The molecule has 1 heterocycles. The van der Waals surface area contributed by atoms with Crippen LogP contribution >= 0.6 is 0 Å². The maximum absolute atomic E-state index is 5.33. The molecule has 0 aromatic heterocycles. The molecular weight excluding hydrogens is 114 g/mol. The fourth-order valence-corrected chi connectivity index (χ4v) is 1.78. The molecule has 2 nitrogen and oxygen atoms in total. The third-order valence-corrected chi connectivity index (χ3v) is 2.67. The maximum Gasteiger partial charge on any atom is 0.0763 e. The first-order valence-electron chi connectivity index (χ1n) is 3.61. The van der Waals surface area contributed by atoms with Gasteiger partial charge in [0.05, 0.1) is 6.10 Å². The van der Waals surface area contributed by atoms with E-state index in [0.29, 0.717) is 11.5 Å². The standard InChI is InChI=1S/C7H13NO/c1-9-6-4-8-5-7(6)2-3-7/h6,8H,2-5H2,1H3. The van der Waals surface area contributed by atoms with E-state index in [2.05, 4.69) is 5.32 Å². The minimum absolute atomic E-state index is 0.512. The van der Waals surface area contributed by atoms with Crippen molar-refractivity contribution in [3.05, 3.63) is 0 Å². The number of methoxy groups -OCH3 is 1. The Morgan fingerprint density at radius 2 is 2.33 bits per heavy atom. The second-order valence-corrected chi connectivity index (χ2v) is 3.22. The van der Waals surface area contributed by atoms with Gasteiger partial charge in [0.2, 0.25) is 0 Å². The van der Waals surface area contributed by atoms with E-state index in [1.807, 2.05) is 7.11 Å². The van der Waals surface area contributed by atoms with E-state index in [9.17, 15) is 0 Å². The summed E-state index contributed by atoms with van der Waals surface area (Å²) in [6.07, 6.45) is 3.26. The number of ether oxygens (including phenoxy) is 1. The first kappa shape index (κ1) is 5.69. The van der Waals surface area contributed by atoms with Gasteiger partial charge < -0.3 is 10.1 Å². The SMILES string of the molecule is COC1CNCC12CC2. The van der Waals surface area contributed by atoms with E-state index in [-0.39, 0.29) is 0 Å². The average molecular weight is 127 g/mol. The Kier molecular flexibility index (Phi) is 1.08. The first-order valence-corrected chi connectivity index (χ1v) is 3.61. The highest BCUT2D eigenvalue weighted by atomic mass is 16.5. The summed E-state index contributed by atoms with van der Waals surface area (Å²) in [6, 6.07) is 0. The van der Waals surface area contributed by atoms with Gasteiger partial charge in [-0.2, -0.15) is 0 Å². The maximum atomic E-state index is 5.33. The molecule has 2 rings (SSSR count). The molecule has 1 spiro atoms. The second kappa shape index (κ2) is 1.70. The van der Waals surface area contributed by atoms with Gasteiger partial charge in [-0.3, -0.25) is 0 Å². The second-order valence-electron chi connectivity index (χ2n) is 3.22. The van der Waals surface area contributed by atoms with Gasteiger partial charge in [0.15, 0.2) is 0 Å². The highest BCUT2D eigenvalue weighted by molar-refractivity contribution is 5.05. The Morgan fingerprint density at radius 1 is 1.56 bits per heavy atom. The summed E-state index contributed by atoms with van der Waals surface area (Å²) in [5.74, 6) is 0. The Hall–Kier alpha value is -0.0800. The molecule has 9 heavy (non-hydrogen) atoms. The molecule has 1 aliphatic heterocycles. The largest absolute Gasteiger partial charge is 0.380 e. The quantitative estimate of drug-likeness (QED) is 0.550. The van der Waals surface area contributed by atoms with E-state index < -0.39 is 0 Å². The van der Waals surface area contributed by atoms with E-state index in [1.165, 1.54) is 19.4 Å². The highest BCUT2D eigenvalue weighted by Gasteiger charge is 2.52. The van der Waals surface area contributed by atoms with Crippen molar-refractivity contribution in [3.63, 3.8) is 0 Å². The monoisotopic (exact) mass is 127 g/mol. The van der Waals surface area contributed by atoms with Crippen molar-refractivity contribution in [2.75, 3.05) is 20.2 Å². The molecule has 2 fully saturated rings. The van der Waals surface area contributed by atoms with Crippen molar-refractivity contribution < 1.29 is 4.74 Å². The van der Waals surface area contributed by atoms with E-state index in [4.69, 9.17) is 4.74 Å². The van der Waals surface area contributed by atoms with Crippen molar-refractivity contribution in [1.29, 1.82) is 0 Å². The Balaban J connectivity index is 2.05. The summed E-state index contributed by atoms with van der Waals surface area (Å²) in [5, 5.41) is 3.35. The van der Waals surface area contributed by atoms with Crippen LogP contribution in [0.3, 0.4) is 0 Å². The van der Waals surface area contributed by atoms with Gasteiger partial charge in [-0.25, -0.2) is 0 Å². The number of rotatable bonds is 1. The Bertz CT molecular complexity index is 120. The van der Waals surface area contributed by atoms with Crippen LogP contribution in [0.15, 0.2) is 0 Å². The smallest absolute Gasteiger partial charge is 0.0763 e. The molecule has 1 N–H and O–H groups in total. The van der Waals surface area contributed by atoms with Crippen molar-refractivity contribution in [2.45, 2.75) is 18.9 Å². The first-order chi connectivity index (χ1) is 4.37. The minimum atomic E-state index is 0.512. The predicted molar refractivity (Wildman–Crippen MR) is 35.3 cm³/mol. The lowest BCUT2D eigenvalue weighted by atomic mass is 10.0. The molecule has 1 aliphatic carbocycles. The molecule has 1 atom stereocenters. The van der Waals surface area contributed by atoms with Crippen LogP contribution in [0.5, 0.6) is 0 Å². The zero-order valence-corrected chi connectivity index (χ0v) is 5.81. The molecule has 0 aromatic carbocycles. The molecule has 0 radical (unpaired) electrons. The lowest BCUT2D eigenvalue weighted by Crippen LogP contribution is -2.21. The predicted octanol–water partition coefficient (Wildman–Crippen LogP) is 0.385. The van der Waals surface area contributed by atoms with Crippen LogP contribution in [-0.2, 0) is 4.74 Å². The van der Waals surface area contributed by atoms with Gasteiger partial charge in [-0.15, -0.1) is 0 Å². The van der Waals surface area contributed by atoms with Crippen LogP contribution in [0.2, 0.25) is 0 Å². The van der Waals surface area contributed by atoms with Crippen LogP contribution in [0.4, 0.5) is 0 Å². The van der Waals surface area contributed by atoms with Crippen molar-refractivity contribution in [2.24, 2.45) is 5.41 Å². The Labute approximate surface area is 55.6 Å². The van der Waals surface area contributed by atoms with Gasteiger partial charge >= 0.3 is 0 Å². The summed E-state index contributed by atoms with van der Waals surface area (Å²) in [6.45, 7) is 2.25. The van der Waals surface area contributed by atoms with Gasteiger partial charge in [0.1, 0.15) is 0 Å². The lowest BCUT2D eigenvalue weighted by Gasteiger charge is -2.13. The minimum Gasteiger partial charge on any atom is -0.380 e. The van der Waals surface area contributed by atoms with Crippen LogP contribution in [0, 0.1) is 5.41 Å². The van der Waals surface area contributed by atoms with Crippen LogP contribution < -0.4 is 5.32 Å². The molecule has 0 bridgehead atoms. The summed E-state index contributed by atoms with van der Waals surface area (Å²) in [4.78, 5) is 0. The van der Waals surface area contributed by atoms with Crippen molar-refractivity contribution >= 4 is 0 Å². The highest BCUT2D eigenvalue weighted by Crippen LogP contribution is 2.51. The topological polar surface area (TPSA) is 21.3 Å². The lowest BCUT2D eigenvalue weighted by molar-refractivity contribution is 0.0733. The summed E-state index contributed by atoms with van der Waals surface area (Å²) in [5.41, 5.74) is 0.578. The molecule has 1 unspecified atom stereocenters. The van der Waals surface area contributed by atoms with Gasteiger partial charge in [0.25, 0.3) is 0 Å².